The first-order valence-electron chi connectivity index (χ1n) is 7.96. The lowest BCUT2D eigenvalue weighted by molar-refractivity contribution is 0.306. The molecule has 0 spiro atoms. The van der Waals surface area contributed by atoms with E-state index in [2.05, 4.69) is 36.0 Å². The molecular weight excluding hydrogens is 340 g/mol. The molecule has 0 amide bonds. The van der Waals surface area contributed by atoms with E-state index in [0.29, 0.717) is 6.61 Å². The zero-order chi connectivity index (χ0) is 18.1. The Morgan fingerprint density at radius 2 is 1.64 bits per heavy atom. The van der Waals surface area contributed by atoms with Crippen LogP contribution in [0.5, 0.6) is 5.75 Å². The Hall–Kier alpha value is -2.54. The van der Waals surface area contributed by atoms with Crippen LogP contribution >= 0.6 is 12.2 Å². The first-order valence-corrected chi connectivity index (χ1v) is 8.36. The van der Waals surface area contributed by atoms with Crippen LogP contribution in [0.1, 0.15) is 37.3 Å². The normalized spacial score (nSPS) is 9.72. The van der Waals surface area contributed by atoms with Gasteiger partial charge in [-0.15, -0.1) is 0 Å². The Kier molecular flexibility index (Phi) is 7.28. The number of halogens is 2. The lowest BCUT2D eigenvalue weighted by atomic mass is 10.1. The molecule has 2 aromatic rings. The molecule has 0 saturated carbocycles. The summed E-state index contributed by atoms with van der Waals surface area (Å²) in [7, 11) is 0. The molecule has 0 atom stereocenters. The van der Waals surface area contributed by atoms with Crippen molar-refractivity contribution in [2.45, 2.75) is 26.2 Å². The maximum atomic E-state index is 13.7. The van der Waals surface area contributed by atoms with Crippen molar-refractivity contribution in [3.05, 3.63) is 59.2 Å². The highest BCUT2D eigenvalue weighted by Gasteiger charge is 2.09. The number of hydrogen-bond acceptors (Lipinski definition) is 3. The van der Waals surface area contributed by atoms with E-state index in [1.165, 1.54) is 0 Å². The predicted molar refractivity (Wildman–Crippen MR) is 98.5 cm³/mol. The Balaban J connectivity index is 2.07. The zero-order valence-electron chi connectivity index (χ0n) is 13.8. The Labute approximate surface area is 151 Å². The zero-order valence-corrected chi connectivity index (χ0v) is 14.6. The minimum absolute atomic E-state index is 0.221. The fraction of sp³-hybridized carbons (Fsp3) is 0.250. The second kappa shape index (κ2) is 9.68. The molecule has 0 N–H and O–H groups in total. The second-order valence-corrected chi connectivity index (χ2v) is 5.50. The van der Waals surface area contributed by atoms with E-state index in [9.17, 15) is 8.78 Å². The molecular formula is C20H17F2NOS. The van der Waals surface area contributed by atoms with Gasteiger partial charge in [-0.1, -0.05) is 31.6 Å². The van der Waals surface area contributed by atoms with E-state index >= 15 is 0 Å². The summed E-state index contributed by atoms with van der Waals surface area (Å²) in [5.41, 5.74) is 0.492. The van der Waals surface area contributed by atoms with E-state index in [-0.39, 0.29) is 5.56 Å². The molecule has 0 bridgehead atoms. The minimum atomic E-state index is -0.822. The Morgan fingerprint density at radius 3 is 2.24 bits per heavy atom. The number of isothiocyanates is 1. The summed E-state index contributed by atoms with van der Waals surface area (Å²) < 4.78 is 33.1. The molecule has 25 heavy (non-hydrogen) atoms. The van der Waals surface area contributed by atoms with Gasteiger partial charge in [0.05, 0.1) is 11.8 Å². The largest absolute Gasteiger partial charge is 0.494 e. The minimum Gasteiger partial charge on any atom is -0.494 e. The van der Waals surface area contributed by atoms with Crippen molar-refractivity contribution in [1.82, 2.24) is 0 Å². The molecule has 5 heteroatoms. The molecule has 0 aliphatic heterocycles. The third-order valence-electron chi connectivity index (χ3n) is 3.40. The molecule has 0 aliphatic carbocycles. The molecule has 0 aromatic heterocycles. The summed E-state index contributed by atoms with van der Waals surface area (Å²) in [6.07, 6.45) is 3.32. The van der Waals surface area contributed by atoms with Gasteiger partial charge in [-0.2, -0.15) is 4.99 Å². The van der Waals surface area contributed by atoms with Gasteiger partial charge < -0.3 is 4.74 Å². The average molecular weight is 357 g/mol. The third-order valence-corrected chi connectivity index (χ3v) is 3.49. The summed E-state index contributed by atoms with van der Waals surface area (Å²) >= 11 is 4.36. The van der Waals surface area contributed by atoms with Crippen LogP contribution in [-0.4, -0.2) is 11.8 Å². The number of nitrogens with zero attached hydrogens (tertiary/aromatic N) is 1. The smallest absolute Gasteiger partial charge is 0.153 e. The molecule has 0 unspecified atom stereocenters. The van der Waals surface area contributed by atoms with Crippen LogP contribution < -0.4 is 4.74 Å². The van der Waals surface area contributed by atoms with Gasteiger partial charge in [-0.25, -0.2) is 8.78 Å². The highest BCUT2D eigenvalue weighted by Crippen LogP contribution is 2.23. The van der Waals surface area contributed by atoms with Crippen molar-refractivity contribution in [2.24, 2.45) is 4.99 Å². The van der Waals surface area contributed by atoms with Crippen molar-refractivity contribution in [3.63, 3.8) is 0 Å². The van der Waals surface area contributed by atoms with Crippen molar-refractivity contribution in [1.29, 1.82) is 0 Å². The highest BCUT2D eigenvalue weighted by molar-refractivity contribution is 7.78. The van der Waals surface area contributed by atoms with Crippen molar-refractivity contribution < 1.29 is 13.5 Å². The van der Waals surface area contributed by atoms with Gasteiger partial charge in [0.25, 0.3) is 0 Å². The number of unbranched alkanes of at least 4 members (excludes halogenated alkanes) is 2. The summed E-state index contributed by atoms with van der Waals surface area (Å²) in [6.45, 7) is 2.83. The standard InChI is InChI=1S/C20H17F2NOS/c1-2-3-4-11-24-17-9-7-15(8-10-17)5-6-16-12-18(21)20(23-14-25)19(22)13-16/h7-10,12-13H,2-4,11H2,1H3. The van der Waals surface area contributed by atoms with Crippen molar-refractivity contribution >= 4 is 23.1 Å². The number of aliphatic imine (C=N–C) groups is 1. The molecule has 0 fully saturated rings. The Morgan fingerprint density at radius 1 is 1.00 bits per heavy atom. The van der Waals surface area contributed by atoms with Crippen LogP contribution in [-0.2, 0) is 0 Å². The third kappa shape index (κ3) is 5.79. The highest BCUT2D eigenvalue weighted by atomic mass is 32.1. The van der Waals surface area contributed by atoms with Gasteiger partial charge in [0.1, 0.15) is 11.4 Å². The van der Waals surface area contributed by atoms with Gasteiger partial charge in [-0.3, -0.25) is 0 Å². The summed E-state index contributed by atoms with van der Waals surface area (Å²) in [4.78, 5) is 3.36. The number of thiocarbonyl (C=S) groups is 1. The number of ether oxygens (including phenoxy) is 1. The summed E-state index contributed by atoms with van der Waals surface area (Å²) in [5, 5.41) is 1.95. The summed E-state index contributed by atoms with van der Waals surface area (Å²) in [6, 6.07) is 9.50. The van der Waals surface area contributed by atoms with E-state index in [0.717, 1.165) is 42.7 Å². The molecule has 0 saturated heterocycles. The lowest BCUT2D eigenvalue weighted by Crippen LogP contribution is -1.96. The first kappa shape index (κ1) is 18.8. The quantitative estimate of drug-likeness (QED) is 0.288. The van der Waals surface area contributed by atoms with Crippen LogP contribution in [0.25, 0.3) is 0 Å². The van der Waals surface area contributed by atoms with Gasteiger partial charge in [0.15, 0.2) is 11.6 Å². The van der Waals surface area contributed by atoms with E-state index in [1.54, 1.807) is 12.1 Å². The number of hydrogen-bond donors (Lipinski definition) is 0. The van der Waals surface area contributed by atoms with Crippen LogP contribution in [0, 0.1) is 23.5 Å². The fourth-order valence-electron chi connectivity index (χ4n) is 2.11. The fourth-order valence-corrected chi connectivity index (χ4v) is 2.20. The molecule has 2 aromatic carbocycles. The summed E-state index contributed by atoms with van der Waals surface area (Å²) in [5.74, 6) is 4.73. The van der Waals surface area contributed by atoms with E-state index in [1.807, 2.05) is 17.3 Å². The number of rotatable bonds is 6. The molecule has 0 radical (unpaired) electrons. The van der Waals surface area contributed by atoms with Crippen LogP contribution in [0.15, 0.2) is 41.4 Å². The average Bonchev–Trinajstić information content (AvgIpc) is 2.61. The van der Waals surface area contributed by atoms with Crippen LogP contribution in [0.3, 0.4) is 0 Å². The molecule has 2 nitrogen and oxygen atoms in total. The van der Waals surface area contributed by atoms with E-state index in [4.69, 9.17) is 4.74 Å². The molecule has 2 rings (SSSR count). The Bertz CT molecular complexity index is 808. The van der Waals surface area contributed by atoms with Gasteiger partial charge in [0.2, 0.25) is 0 Å². The number of benzene rings is 2. The maximum absolute atomic E-state index is 13.7. The second-order valence-electron chi connectivity index (χ2n) is 5.32. The van der Waals surface area contributed by atoms with Crippen molar-refractivity contribution in [2.75, 3.05) is 6.61 Å². The SMILES string of the molecule is CCCCCOc1ccc(C#Cc2cc(F)c(N=C=S)c(F)c2)cc1. The van der Waals surface area contributed by atoms with Crippen LogP contribution in [0.2, 0.25) is 0 Å². The molecule has 128 valence electrons. The maximum Gasteiger partial charge on any atom is 0.153 e. The van der Waals surface area contributed by atoms with Crippen molar-refractivity contribution in [3.8, 4) is 17.6 Å². The predicted octanol–water partition coefficient (Wildman–Crippen LogP) is 5.67. The van der Waals surface area contributed by atoms with Crippen LogP contribution in [0.4, 0.5) is 14.5 Å². The first-order chi connectivity index (χ1) is 12.1. The monoisotopic (exact) mass is 357 g/mol. The van der Waals surface area contributed by atoms with Gasteiger partial charge in [-0.05, 0) is 55.0 Å². The van der Waals surface area contributed by atoms with E-state index < -0.39 is 17.3 Å². The van der Waals surface area contributed by atoms with Gasteiger partial charge >= 0.3 is 0 Å². The molecule has 0 aliphatic rings. The molecule has 0 heterocycles. The topological polar surface area (TPSA) is 21.6 Å². The lowest BCUT2D eigenvalue weighted by Gasteiger charge is -2.05. The van der Waals surface area contributed by atoms with Gasteiger partial charge in [0, 0.05) is 11.1 Å².